The first-order valence-electron chi connectivity index (χ1n) is 6.60. The van der Waals surface area contributed by atoms with Gasteiger partial charge < -0.3 is 5.32 Å². The molecule has 0 atom stereocenters. The Balaban J connectivity index is 1.84. The molecule has 0 saturated carbocycles. The van der Waals surface area contributed by atoms with Crippen molar-refractivity contribution in [2.45, 2.75) is 25.3 Å². The molecule has 2 heterocycles. The van der Waals surface area contributed by atoms with Crippen molar-refractivity contribution >= 4 is 0 Å². The third kappa shape index (κ3) is 1.95. The second-order valence-corrected chi connectivity index (χ2v) is 5.13. The van der Waals surface area contributed by atoms with Gasteiger partial charge in [-0.1, -0.05) is 30.3 Å². The lowest BCUT2D eigenvalue weighted by Gasteiger charge is -2.43. The van der Waals surface area contributed by atoms with Crippen LogP contribution in [0.15, 0.2) is 42.7 Å². The summed E-state index contributed by atoms with van der Waals surface area (Å²) in [5.41, 5.74) is 3.04. The van der Waals surface area contributed by atoms with E-state index in [9.17, 15) is 0 Å². The molecular weight excluding hydrogens is 222 g/mol. The molecular formula is C15H19N3. The molecule has 0 unspecified atom stereocenters. The lowest BCUT2D eigenvalue weighted by molar-refractivity contribution is 0.274. The average molecular weight is 241 g/mol. The van der Waals surface area contributed by atoms with Crippen LogP contribution in [0.2, 0.25) is 0 Å². The van der Waals surface area contributed by atoms with E-state index in [1.807, 2.05) is 10.9 Å². The molecule has 1 saturated heterocycles. The highest BCUT2D eigenvalue weighted by Crippen LogP contribution is 2.32. The molecule has 0 radical (unpaired) electrons. The number of benzene rings is 1. The second kappa shape index (κ2) is 4.58. The molecule has 0 spiro atoms. The van der Waals surface area contributed by atoms with E-state index in [0.717, 1.165) is 26.1 Å². The summed E-state index contributed by atoms with van der Waals surface area (Å²) in [6, 6.07) is 10.8. The molecule has 3 nitrogen and oxygen atoms in total. The van der Waals surface area contributed by atoms with E-state index in [-0.39, 0.29) is 5.41 Å². The largest absolute Gasteiger partial charge is 0.315 e. The number of rotatable bonds is 4. The predicted octanol–water partition coefficient (Wildman–Crippen LogP) is 1.99. The SMILES string of the molecule is CCn1cc(CC2(c3ccccc3)CNC2)cn1. The summed E-state index contributed by atoms with van der Waals surface area (Å²) in [7, 11) is 0. The zero-order valence-corrected chi connectivity index (χ0v) is 10.8. The summed E-state index contributed by atoms with van der Waals surface area (Å²) in [4.78, 5) is 0. The van der Waals surface area contributed by atoms with Gasteiger partial charge in [-0.2, -0.15) is 5.10 Å². The highest BCUT2D eigenvalue weighted by atomic mass is 15.3. The molecule has 18 heavy (non-hydrogen) atoms. The lowest BCUT2D eigenvalue weighted by atomic mass is 9.71. The fraction of sp³-hybridized carbons (Fsp3) is 0.400. The molecule has 3 heteroatoms. The first-order valence-corrected chi connectivity index (χ1v) is 6.60. The first-order chi connectivity index (χ1) is 8.82. The van der Waals surface area contributed by atoms with Gasteiger partial charge in [-0.25, -0.2) is 0 Å². The van der Waals surface area contributed by atoms with Crippen molar-refractivity contribution in [3.63, 3.8) is 0 Å². The maximum Gasteiger partial charge on any atom is 0.0522 e. The summed E-state index contributed by atoms with van der Waals surface area (Å²) in [6.45, 7) is 5.19. The molecule has 1 aromatic carbocycles. The van der Waals surface area contributed by atoms with Gasteiger partial charge in [0, 0.05) is 31.2 Å². The molecule has 94 valence electrons. The quantitative estimate of drug-likeness (QED) is 0.887. The van der Waals surface area contributed by atoms with Crippen LogP contribution in [0.4, 0.5) is 0 Å². The Hall–Kier alpha value is -1.61. The molecule has 1 N–H and O–H groups in total. The zero-order valence-electron chi connectivity index (χ0n) is 10.8. The van der Waals surface area contributed by atoms with Crippen LogP contribution in [0.3, 0.4) is 0 Å². The summed E-state index contributed by atoms with van der Waals surface area (Å²) in [5.74, 6) is 0. The Morgan fingerprint density at radius 3 is 2.61 bits per heavy atom. The Morgan fingerprint density at radius 1 is 1.28 bits per heavy atom. The Bertz CT molecular complexity index is 512. The fourth-order valence-corrected chi connectivity index (χ4v) is 2.71. The van der Waals surface area contributed by atoms with Crippen LogP contribution in [0, 0.1) is 0 Å². The topological polar surface area (TPSA) is 29.9 Å². The molecule has 1 aromatic heterocycles. The molecule has 1 aliphatic heterocycles. The van der Waals surface area contributed by atoms with E-state index < -0.39 is 0 Å². The molecule has 1 aliphatic rings. The van der Waals surface area contributed by atoms with Gasteiger partial charge in [0.05, 0.1) is 6.20 Å². The van der Waals surface area contributed by atoms with Gasteiger partial charge >= 0.3 is 0 Å². The Morgan fingerprint density at radius 2 is 2.06 bits per heavy atom. The lowest BCUT2D eigenvalue weighted by Crippen LogP contribution is -2.58. The number of nitrogens with zero attached hydrogens (tertiary/aromatic N) is 2. The van der Waals surface area contributed by atoms with Crippen LogP contribution in [-0.4, -0.2) is 22.9 Å². The third-order valence-electron chi connectivity index (χ3n) is 3.87. The van der Waals surface area contributed by atoms with Crippen molar-refractivity contribution in [1.29, 1.82) is 0 Å². The van der Waals surface area contributed by atoms with Gasteiger partial charge in [0.15, 0.2) is 0 Å². The maximum absolute atomic E-state index is 4.37. The van der Waals surface area contributed by atoms with Gasteiger partial charge in [0.2, 0.25) is 0 Å². The monoisotopic (exact) mass is 241 g/mol. The average Bonchev–Trinajstić information content (AvgIpc) is 2.82. The molecule has 0 bridgehead atoms. The summed E-state index contributed by atoms with van der Waals surface area (Å²) < 4.78 is 2.00. The third-order valence-corrected chi connectivity index (χ3v) is 3.87. The van der Waals surface area contributed by atoms with E-state index in [0.29, 0.717) is 0 Å². The van der Waals surface area contributed by atoms with E-state index in [1.54, 1.807) is 0 Å². The smallest absolute Gasteiger partial charge is 0.0522 e. The predicted molar refractivity (Wildman–Crippen MR) is 72.6 cm³/mol. The normalized spacial score (nSPS) is 17.4. The highest BCUT2D eigenvalue weighted by molar-refractivity contribution is 5.32. The second-order valence-electron chi connectivity index (χ2n) is 5.13. The van der Waals surface area contributed by atoms with Crippen molar-refractivity contribution in [2.75, 3.05) is 13.1 Å². The van der Waals surface area contributed by atoms with Gasteiger partial charge in [-0.3, -0.25) is 4.68 Å². The van der Waals surface area contributed by atoms with E-state index in [2.05, 4.69) is 53.9 Å². The number of hydrogen-bond donors (Lipinski definition) is 1. The molecule has 1 fully saturated rings. The number of aromatic nitrogens is 2. The van der Waals surface area contributed by atoms with E-state index in [1.165, 1.54) is 11.1 Å². The van der Waals surface area contributed by atoms with E-state index in [4.69, 9.17) is 0 Å². The Labute approximate surface area is 108 Å². The van der Waals surface area contributed by atoms with Crippen LogP contribution in [0.5, 0.6) is 0 Å². The van der Waals surface area contributed by atoms with Crippen LogP contribution >= 0.6 is 0 Å². The minimum Gasteiger partial charge on any atom is -0.315 e. The van der Waals surface area contributed by atoms with Gasteiger partial charge in [0.1, 0.15) is 0 Å². The summed E-state index contributed by atoms with van der Waals surface area (Å²) in [5, 5.41) is 7.78. The summed E-state index contributed by atoms with van der Waals surface area (Å²) in [6.07, 6.45) is 5.25. The standard InChI is InChI=1S/C15H19N3/c1-2-18-10-13(9-17-18)8-15(11-16-12-15)14-6-4-3-5-7-14/h3-7,9-10,16H,2,8,11-12H2,1H3. The van der Waals surface area contributed by atoms with Gasteiger partial charge in [-0.05, 0) is 24.5 Å². The van der Waals surface area contributed by atoms with Crippen molar-refractivity contribution in [1.82, 2.24) is 15.1 Å². The number of aryl methyl sites for hydroxylation is 1. The van der Waals surface area contributed by atoms with E-state index >= 15 is 0 Å². The van der Waals surface area contributed by atoms with Crippen molar-refractivity contribution in [3.05, 3.63) is 53.9 Å². The number of nitrogens with one attached hydrogen (secondary N) is 1. The van der Waals surface area contributed by atoms with Gasteiger partial charge in [-0.15, -0.1) is 0 Å². The molecule has 0 aliphatic carbocycles. The van der Waals surface area contributed by atoms with Crippen LogP contribution < -0.4 is 5.32 Å². The first kappa shape index (κ1) is 11.5. The van der Waals surface area contributed by atoms with Crippen molar-refractivity contribution < 1.29 is 0 Å². The fourth-order valence-electron chi connectivity index (χ4n) is 2.71. The highest BCUT2D eigenvalue weighted by Gasteiger charge is 2.38. The van der Waals surface area contributed by atoms with Gasteiger partial charge in [0.25, 0.3) is 0 Å². The molecule has 2 aromatic rings. The minimum absolute atomic E-state index is 0.267. The summed E-state index contributed by atoms with van der Waals surface area (Å²) >= 11 is 0. The number of hydrogen-bond acceptors (Lipinski definition) is 2. The van der Waals surface area contributed by atoms with Crippen LogP contribution in [-0.2, 0) is 18.4 Å². The van der Waals surface area contributed by atoms with Crippen molar-refractivity contribution in [3.8, 4) is 0 Å². The Kier molecular flexibility index (Phi) is 2.92. The van der Waals surface area contributed by atoms with Crippen LogP contribution in [0.1, 0.15) is 18.1 Å². The maximum atomic E-state index is 4.37. The minimum atomic E-state index is 0.267. The van der Waals surface area contributed by atoms with Crippen LogP contribution in [0.25, 0.3) is 0 Å². The van der Waals surface area contributed by atoms with Crippen molar-refractivity contribution in [2.24, 2.45) is 0 Å². The molecule has 0 amide bonds. The zero-order chi connectivity index (χ0) is 12.4. The molecule has 3 rings (SSSR count).